The van der Waals surface area contributed by atoms with E-state index in [9.17, 15) is 4.79 Å². The molecule has 4 heteroatoms. The highest BCUT2D eigenvalue weighted by molar-refractivity contribution is 8.00. The highest BCUT2D eigenvalue weighted by atomic mass is 32.2. The van der Waals surface area contributed by atoms with E-state index < -0.39 is 0 Å². The molecule has 20 heavy (non-hydrogen) atoms. The van der Waals surface area contributed by atoms with Crippen LogP contribution >= 0.6 is 11.8 Å². The molecule has 0 spiro atoms. The van der Waals surface area contributed by atoms with Gasteiger partial charge in [0, 0.05) is 17.5 Å². The lowest BCUT2D eigenvalue weighted by Crippen LogP contribution is -2.42. The van der Waals surface area contributed by atoms with Gasteiger partial charge in [0.25, 0.3) is 0 Å². The van der Waals surface area contributed by atoms with Crippen molar-refractivity contribution in [2.24, 2.45) is 0 Å². The standard InChI is InChI=1S/C16H25NO2S/c1-4-14(5-2)17(10-11-18)16(19)12-20-15-8-6-13(3)7-9-15/h6-9,14,18H,4-5,10-12H2,1-3H3. The van der Waals surface area contributed by atoms with Gasteiger partial charge in [0.15, 0.2) is 0 Å². The molecular weight excluding hydrogens is 270 g/mol. The van der Waals surface area contributed by atoms with Gasteiger partial charge in [0.1, 0.15) is 0 Å². The number of hydrogen-bond donors (Lipinski definition) is 1. The largest absolute Gasteiger partial charge is 0.395 e. The number of benzene rings is 1. The third-order valence-corrected chi connectivity index (χ3v) is 4.42. The lowest BCUT2D eigenvalue weighted by molar-refractivity contribution is -0.131. The van der Waals surface area contributed by atoms with E-state index in [4.69, 9.17) is 5.11 Å². The second-order valence-corrected chi connectivity index (χ2v) is 5.93. The quantitative estimate of drug-likeness (QED) is 0.749. The van der Waals surface area contributed by atoms with Crippen LogP contribution in [0.15, 0.2) is 29.2 Å². The number of amides is 1. The fraction of sp³-hybridized carbons (Fsp3) is 0.562. The summed E-state index contributed by atoms with van der Waals surface area (Å²) in [5.74, 6) is 0.540. The Morgan fingerprint density at radius 3 is 2.35 bits per heavy atom. The molecule has 0 fully saturated rings. The molecule has 0 aliphatic rings. The molecule has 0 radical (unpaired) electrons. The normalized spacial score (nSPS) is 10.8. The van der Waals surface area contributed by atoms with Gasteiger partial charge in [0.2, 0.25) is 5.91 Å². The smallest absolute Gasteiger partial charge is 0.233 e. The minimum atomic E-state index is 0.0252. The number of carbonyl (C=O) groups excluding carboxylic acids is 1. The molecular formula is C16H25NO2S. The molecule has 1 amide bonds. The molecule has 1 rings (SSSR count). The van der Waals surface area contributed by atoms with Crippen LogP contribution in [-0.2, 0) is 4.79 Å². The van der Waals surface area contributed by atoms with Crippen LogP contribution in [-0.4, -0.2) is 40.9 Å². The van der Waals surface area contributed by atoms with Gasteiger partial charge in [-0.2, -0.15) is 0 Å². The second kappa shape index (κ2) is 9.03. The summed E-state index contributed by atoms with van der Waals surface area (Å²) >= 11 is 1.56. The Labute approximate surface area is 126 Å². The molecule has 1 aromatic rings. The summed E-state index contributed by atoms with van der Waals surface area (Å²) in [6.45, 7) is 6.67. The Morgan fingerprint density at radius 1 is 1.25 bits per heavy atom. The molecule has 0 unspecified atom stereocenters. The maximum Gasteiger partial charge on any atom is 0.233 e. The lowest BCUT2D eigenvalue weighted by atomic mass is 10.1. The maximum absolute atomic E-state index is 12.3. The van der Waals surface area contributed by atoms with Gasteiger partial charge in [-0.3, -0.25) is 4.79 Å². The molecule has 0 aliphatic heterocycles. The number of aryl methyl sites for hydroxylation is 1. The molecule has 0 aliphatic carbocycles. The van der Waals surface area contributed by atoms with Crippen LogP contribution in [0.1, 0.15) is 32.3 Å². The Balaban J connectivity index is 2.59. The van der Waals surface area contributed by atoms with Gasteiger partial charge in [-0.25, -0.2) is 0 Å². The van der Waals surface area contributed by atoms with Crippen molar-refractivity contribution in [3.8, 4) is 0 Å². The molecule has 0 aromatic heterocycles. The van der Waals surface area contributed by atoms with Crippen LogP contribution in [0, 0.1) is 6.92 Å². The van der Waals surface area contributed by atoms with E-state index in [1.165, 1.54) is 5.56 Å². The number of carbonyl (C=O) groups is 1. The molecule has 1 aromatic carbocycles. The molecule has 3 nitrogen and oxygen atoms in total. The number of thioether (sulfide) groups is 1. The maximum atomic E-state index is 12.3. The van der Waals surface area contributed by atoms with Gasteiger partial charge in [0.05, 0.1) is 12.4 Å². The lowest BCUT2D eigenvalue weighted by Gasteiger charge is -2.30. The van der Waals surface area contributed by atoms with E-state index in [2.05, 4.69) is 32.9 Å². The van der Waals surface area contributed by atoms with Gasteiger partial charge in [-0.15, -0.1) is 11.8 Å². The van der Waals surface area contributed by atoms with E-state index in [1.807, 2.05) is 17.0 Å². The molecule has 0 atom stereocenters. The van der Waals surface area contributed by atoms with Crippen molar-refractivity contribution in [3.63, 3.8) is 0 Å². The molecule has 112 valence electrons. The van der Waals surface area contributed by atoms with E-state index in [0.717, 1.165) is 17.7 Å². The van der Waals surface area contributed by atoms with Crippen molar-refractivity contribution in [2.75, 3.05) is 18.9 Å². The van der Waals surface area contributed by atoms with Gasteiger partial charge >= 0.3 is 0 Å². The van der Waals surface area contributed by atoms with Crippen LogP contribution < -0.4 is 0 Å². The van der Waals surface area contributed by atoms with Crippen molar-refractivity contribution >= 4 is 17.7 Å². The summed E-state index contributed by atoms with van der Waals surface area (Å²) in [5, 5.41) is 9.14. The zero-order chi connectivity index (χ0) is 15.0. The average molecular weight is 295 g/mol. The zero-order valence-electron chi connectivity index (χ0n) is 12.6. The summed E-state index contributed by atoms with van der Waals surface area (Å²) < 4.78 is 0. The Hall–Kier alpha value is -1.00. The first-order valence-electron chi connectivity index (χ1n) is 7.22. The van der Waals surface area contributed by atoms with Crippen molar-refractivity contribution in [3.05, 3.63) is 29.8 Å². The summed E-state index contributed by atoms with van der Waals surface area (Å²) in [5.41, 5.74) is 1.22. The summed E-state index contributed by atoms with van der Waals surface area (Å²) in [6.07, 6.45) is 1.86. The molecule has 0 heterocycles. The molecule has 0 bridgehead atoms. The average Bonchev–Trinajstić information content (AvgIpc) is 2.46. The van der Waals surface area contributed by atoms with Gasteiger partial charge < -0.3 is 10.0 Å². The molecule has 1 N–H and O–H groups in total. The first-order valence-corrected chi connectivity index (χ1v) is 8.20. The third-order valence-electron chi connectivity index (χ3n) is 3.43. The van der Waals surface area contributed by atoms with E-state index in [1.54, 1.807) is 11.8 Å². The summed E-state index contributed by atoms with van der Waals surface area (Å²) in [4.78, 5) is 15.3. The second-order valence-electron chi connectivity index (χ2n) is 4.88. The van der Waals surface area contributed by atoms with Gasteiger partial charge in [-0.05, 0) is 31.9 Å². The zero-order valence-corrected chi connectivity index (χ0v) is 13.4. The van der Waals surface area contributed by atoms with Crippen molar-refractivity contribution < 1.29 is 9.90 Å². The van der Waals surface area contributed by atoms with Crippen LogP contribution in [0.4, 0.5) is 0 Å². The first kappa shape index (κ1) is 17.1. The predicted molar refractivity (Wildman–Crippen MR) is 85.1 cm³/mol. The number of aliphatic hydroxyl groups excluding tert-OH is 1. The van der Waals surface area contributed by atoms with E-state index in [0.29, 0.717) is 12.3 Å². The number of nitrogens with zero attached hydrogens (tertiary/aromatic N) is 1. The Kier molecular flexibility index (Phi) is 7.70. The number of aliphatic hydroxyl groups is 1. The van der Waals surface area contributed by atoms with Crippen LogP contribution in [0.3, 0.4) is 0 Å². The van der Waals surface area contributed by atoms with Crippen molar-refractivity contribution in [2.45, 2.75) is 44.6 Å². The highest BCUT2D eigenvalue weighted by Gasteiger charge is 2.20. The van der Waals surface area contributed by atoms with Crippen LogP contribution in [0.2, 0.25) is 0 Å². The summed E-state index contributed by atoms with van der Waals surface area (Å²) in [7, 11) is 0. The summed E-state index contributed by atoms with van der Waals surface area (Å²) in [6, 6.07) is 8.42. The Bertz CT molecular complexity index is 401. The topological polar surface area (TPSA) is 40.5 Å². The molecule has 0 saturated heterocycles. The van der Waals surface area contributed by atoms with E-state index in [-0.39, 0.29) is 18.6 Å². The third kappa shape index (κ3) is 5.17. The minimum Gasteiger partial charge on any atom is -0.395 e. The highest BCUT2D eigenvalue weighted by Crippen LogP contribution is 2.20. The van der Waals surface area contributed by atoms with Crippen LogP contribution in [0.25, 0.3) is 0 Å². The number of rotatable bonds is 8. The van der Waals surface area contributed by atoms with Crippen molar-refractivity contribution in [1.29, 1.82) is 0 Å². The molecule has 0 saturated carbocycles. The van der Waals surface area contributed by atoms with Gasteiger partial charge in [-0.1, -0.05) is 31.5 Å². The Morgan fingerprint density at radius 2 is 1.85 bits per heavy atom. The predicted octanol–water partition coefficient (Wildman–Crippen LogP) is 3.10. The fourth-order valence-corrected chi connectivity index (χ4v) is 3.00. The minimum absolute atomic E-state index is 0.0252. The SMILES string of the molecule is CCC(CC)N(CCO)C(=O)CSc1ccc(C)cc1. The van der Waals surface area contributed by atoms with Crippen LogP contribution in [0.5, 0.6) is 0 Å². The first-order chi connectivity index (χ1) is 9.62. The van der Waals surface area contributed by atoms with Crippen molar-refractivity contribution in [1.82, 2.24) is 4.90 Å². The fourth-order valence-electron chi connectivity index (χ4n) is 2.21. The number of hydrogen-bond acceptors (Lipinski definition) is 3. The monoisotopic (exact) mass is 295 g/mol. The van der Waals surface area contributed by atoms with E-state index >= 15 is 0 Å².